The summed E-state index contributed by atoms with van der Waals surface area (Å²) in [6.45, 7) is 2.23. The van der Waals surface area contributed by atoms with Crippen molar-refractivity contribution in [2.45, 2.75) is 6.54 Å². The normalized spacial score (nSPS) is 15.9. The van der Waals surface area contributed by atoms with Crippen molar-refractivity contribution in [2.24, 2.45) is 0 Å². The minimum absolute atomic E-state index is 0.0179. The van der Waals surface area contributed by atoms with Gasteiger partial charge in [0.05, 0.1) is 6.54 Å². The first-order chi connectivity index (χ1) is 8.19. The minimum atomic E-state index is -0.265. The monoisotopic (exact) mass is 237 g/mol. The molecule has 1 fully saturated rings. The van der Waals surface area contributed by atoms with E-state index in [-0.39, 0.29) is 11.7 Å². The Kier molecular flexibility index (Phi) is 3.58. The summed E-state index contributed by atoms with van der Waals surface area (Å²) in [5.41, 5.74) is 1.65. The van der Waals surface area contributed by atoms with E-state index in [1.807, 2.05) is 18.0 Å². The summed E-state index contributed by atoms with van der Waals surface area (Å²) in [5, 5.41) is 5.74. The standard InChI is InChI=1S/C12H16FN3O/c1-14-7-9-4-10(13)6-11(5-9)16-3-2-15-12(17)8-16/h4-6,14H,2-3,7-8H2,1H3,(H,15,17). The minimum Gasteiger partial charge on any atom is -0.360 e. The highest BCUT2D eigenvalue weighted by molar-refractivity contribution is 5.82. The maximum Gasteiger partial charge on any atom is 0.239 e. The molecule has 1 aromatic rings. The fraction of sp³-hybridized carbons (Fsp3) is 0.417. The van der Waals surface area contributed by atoms with Crippen molar-refractivity contribution in [3.63, 3.8) is 0 Å². The first kappa shape index (κ1) is 11.9. The van der Waals surface area contributed by atoms with Crippen LogP contribution in [0.15, 0.2) is 18.2 Å². The highest BCUT2D eigenvalue weighted by atomic mass is 19.1. The Morgan fingerprint density at radius 2 is 2.29 bits per heavy atom. The van der Waals surface area contributed by atoms with Gasteiger partial charge >= 0.3 is 0 Å². The molecule has 4 nitrogen and oxygen atoms in total. The van der Waals surface area contributed by atoms with Crippen molar-refractivity contribution in [1.29, 1.82) is 0 Å². The van der Waals surface area contributed by atoms with Gasteiger partial charge in [0.25, 0.3) is 0 Å². The van der Waals surface area contributed by atoms with E-state index in [9.17, 15) is 9.18 Å². The smallest absolute Gasteiger partial charge is 0.239 e. The highest BCUT2D eigenvalue weighted by Gasteiger charge is 2.17. The van der Waals surface area contributed by atoms with Crippen LogP contribution in [-0.4, -0.2) is 32.6 Å². The van der Waals surface area contributed by atoms with Gasteiger partial charge in [-0.05, 0) is 30.8 Å². The third-order valence-electron chi connectivity index (χ3n) is 2.73. The first-order valence-corrected chi connectivity index (χ1v) is 5.65. The number of hydrogen-bond donors (Lipinski definition) is 2. The molecule has 1 aliphatic rings. The molecule has 1 aliphatic heterocycles. The topological polar surface area (TPSA) is 44.4 Å². The van der Waals surface area contributed by atoms with E-state index in [2.05, 4.69) is 10.6 Å². The average molecular weight is 237 g/mol. The van der Waals surface area contributed by atoms with Gasteiger partial charge in [-0.15, -0.1) is 0 Å². The number of hydrogen-bond acceptors (Lipinski definition) is 3. The van der Waals surface area contributed by atoms with Crippen molar-refractivity contribution in [1.82, 2.24) is 10.6 Å². The zero-order chi connectivity index (χ0) is 12.3. The lowest BCUT2D eigenvalue weighted by molar-refractivity contribution is -0.120. The van der Waals surface area contributed by atoms with Crippen molar-refractivity contribution in [3.8, 4) is 0 Å². The lowest BCUT2D eigenvalue weighted by atomic mass is 10.1. The van der Waals surface area contributed by atoms with Crippen LogP contribution in [0.2, 0.25) is 0 Å². The lowest BCUT2D eigenvalue weighted by Crippen LogP contribution is -2.47. The van der Waals surface area contributed by atoms with Gasteiger partial charge < -0.3 is 15.5 Å². The molecule has 1 heterocycles. The SMILES string of the molecule is CNCc1cc(F)cc(N2CCNC(=O)C2)c1. The van der Waals surface area contributed by atoms with Gasteiger partial charge in [0.1, 0.15) is 5.82 Å². The Labute approximate surface area is 99.8 Å². The Morgan fingerprint density at radius 3 is 3.00 bits per heavy atom. The average Bonchev–Trinajstić information content (AvgIpc) is 2.28. The molecule has 0 aromatic heterocycles. The molecule has 0 radical (unpaired) electrons. The molecular weight excluding hydrogens is 221 g/mol. The lowest BCUT2D eigenvalue weighted by Gasteiger charge is -2.29. The maximum absolute atomic E-state index is 13.4. The number of amides is 1. The van der Waals surface area contributed by atoms with Crippen LogP contribution >= 0.6 is 0 Å². The number of nitrogens with one attached hydrogen (secondary N) is 2. The molecule has 0 unspecified atom stereocenters. The van der Waals surface area contributed by atoms with Gasteiger partial charge in [-0.2, -0.15) is 0 Å². The van der Waals surface area contributed by atoms with E-state index in [0.29, 0.717) is 26.2 Å². The van der Waals surface area contributed by atoms with E-state index in [4.69, 9.17) is 0 Å². The molecule has 92 valence electrons. The molecule has 5 heteroatoms. The van der Waals surface area contributed by atoms with Crippen LogP contribution in [0.3, 0.4) is 0 Å². The number of benzene rings is 1. The number of halogens is 1. The molecule has 0 saturated carbocycles. The van der Waals surface area contributed by atoms with Crippen LogP contribution in [0.4, 0.5) is 10.1 Å². The molecule has 1 amide bonds. The van der Waals surface area contributed by atoms with Crippen LogP contribution in [0.1, 0.15) is 5.56 Å². The van der Waals surface area contributed by atoms with E-state index in [1.165, 1.54) is 12.1 Å². The van der Waals surface area contributed by atoms with Gasteiger partial charge in [0.2, 0.25) is 5.91 Å². The summed E-state index contributed by atoms with van der Waals surface area (Å²) in [7, 11) is 1.82. The summed E-state index contributed by atoms with van der Waals surface area (Å²) in [6.07, 6.45) is 0. The van der Waals surface area contributed by atoms with E-state index < -0.39 is 0 Å². The quantitative estimate of drug-likeness (QED) is 0.803. The van der Waals surface area contributed by atoms with Crippen molar-refractivity contribution < 1.29 is 9.18 Å². The number of nitrogens with zero attached hydrogens (tertiary/aromatic N) is 1. The molecule has 17 heavy (non-hydrogen) atoms. The molecule has 0 aliphatic carbocycles. The first-order valence-electron chi connectivity index (χ1n) is 5.65. The van der Waals surface area contributed by atoms with E-state index in [0.717, 1.165) is 11.3 Å². The van der Waals surface area contributed by atoms with Crippen LogP contribution < -0.4 is 15.5 Å². The predicted octanol–water partition coefficient (Wildman–Crippen LogP) is 0.481. The third kappa shape index (κ3) is 2.94. The van der Waals surface area contributed by atoms with Gasteiger partial charge in [-0.3, -0.25) is 4.79 Å². The van der Waals surface area contributed by atoms with Gasteiger partial charge in [-0.25, -0.2) is 4.39 Å². The van der Waals surface area contributed by atoms with Crippen molar-refractivity contribution in [3.05, 3.63) is 29.6 Å². The van der Waals surface area contributed by atoms with E-state index >= 15 is 0 Å². The number of rotatable bonds is 3. The highest BCUT2D eigenvalue weighted by Crippen LogP contribution is 2.19. The van der Waals surface area contributed by atoms with Gasteiger partial charge in [0.15, 0.2) is 0 Å². The number of carbonyl (C=O) groups excluding carboxylic acids is 1. The van der Waals surface area contributed by atoms with Crippen LogP contribution in [0, 0.1) is 5.82 Å². The second-order valence-electron chi connectivity index (χ2n) is 4.12. The summed E-state index contributed by atoms with van der Waals surface area (Å²) >= 11 is 0. The second kappa shape index (κ2) is 5.14. The molecule has 2 N–H and O–H groups in total. The molecule has 2 rings (SSSR count). The van der Waals surface area contributed by atoms with Crippen LogP contribution in [0.25, 0.3) is 0 Å². The van der Waals surface area contributed by atoms with Crippen molar-refractivity contribution >= 4 is 11.6 Å². The summed E-state index contributed by atoms with van der Waals surface area (Å²) in [6, 6.07) is 4.89. The third-order valence-corrected chi connectivity index (χ3v) is 2.73. The summed E-state index contributed by atoms with van der Waals surface area (Å²) in [4.78, 5) is 13.2. The number of anilines is 1. The summed E-state index contributed by atoms with van der Waals surface area (Å²) < 4.78 is 13.4. The Morgan fingerprint density at radius 1 is 1.47 bits per heavy atom. The van der Waals surface area contributed by atoms with Crippen molar-refractivity contribution in [2.75, 3.05) is 31.6 Å². The largest absolute Gasteiger partial charge is 0.360 e. The Bertz CT molecular complexity index is 422. The Hall–Kier alpha value is -1.62. The van der Waals surface area contributed by atoms with Gasteiger partial charge in [0, 0.05) is 25.3 Å². The zero-order valence-corrected chi connectivity index (χ0v) is 9.79. The van der Waals surface area contributed by atoms with Crippen LogP contribution in [0.5, 0.6) is 0 Å². The molecule has 0 bridgehead atoms. The number of piperazine rings is 1. The predicted molar refractivity (Wildman–Crippen MR) is 64.4 cm³/mol. The summed E-state index contributed by atoms with van der Waals surface area (Å²) in [5.74, 6) is -0.283. The maximum atomic E-state index is 13.4. The second-order valence-corrected chi connectivity index (χ2v) is 4.12. The molecular formula is C12H16FN3O. The molecule has 0 atom stereocenters. The fourth-order valence-electron chi connectivity index (χ4n) is 1.98. The molecule has 1 aromatic carbocycles. The Balaban J connectivity index is 2.21. The molecule has 0 spiro atoms. The number of carbonyl (C=O) groups is 1. The van der Waals surface area contributed by atoms with E-state index in [1.54, 1.807) is 0 Å². The zero-order valence-electron chi connectivity index (χ0n) is 9.79. The van der Waals surface area contributed by atoms with Gasteiger partial charge in [-0.1, -0.05) is 0 Å². The fourth-order valence-corrected chi connectivity index (χ4v) is 1.98. The van der Waals surface area contributed by atoms with Crippen LogP contribution in [-0.2, 0) is 11.3 Å². The molecule has 1 saturated heterocycles.